The molecule has 3 rings (SSSR count). The first-order valence-electron chi connectivity index (χ1n) is 6.58. The Morgan fingerprint density at radius 3 is 2.67 bits per heavy atom. The van der Waals surface area contributed by atoms with Crippen LogP contribution in [0.2, 0.25) is 0 Å². The zero-order valence-electron chi connectivity index (χ0n) is 10.3. The molecule has 1 fully saturated rings. The number of hydrogen-bond donors (Lipinski definition) is 0. The van der Waals surface area contributed by atoms with E-state index in [4.69, 9.17) is 4.74 Å². The third-order valence-corrected chi connectivity index (χ3v) is 4.31. The molecule has 0 spiro atoms. The summed E-state index contributed by atoms with van der Waals surface area (Å²) in [7, 11) is 0. The molecule has 0 amide bonds. The summed E-state index contributed by atoms with van der Waals surface area (Å²) in [4.78, 5) is 11.5. The van der Waals surface area contributed by atoms with Crippen LogP contribution in [0, 0.1) is 10.1 Å². The Balaban J connectivity index is 2.00. The fourth-order valence-electron chi connectivity index (χ4n) is 3.33. The van der Waals surface area contributed by atoms with Crippen LogP contribution in [-0.2, 0) is 11.3 Å². The van der Waals surface area contributed by atoms with Gasteiger partial charge in [-0.05, 0) is 24.0 Å². The second-order valence-corrected chi connectivity index (χ2v) is 5.31. The van der Waals surface area contributed by atoms with E-state index < -0.39 is 5.54 Å². The Labute approximate surface area is 106 Å². The second kappa shape index (κ2) is 4.35. The normalized spacial score (nSPS) is 25.7. The zero-order chi connectivity index (χ0) is 12.6. The molecule has 1 atom stereocenters. The van der Waals surface area contributed by atoms with E-state index in [1.165, 1.54) is 0 Å². The van der Waals surface area contributed by atoms with Crippen molar-refractivity contribution < 1.29 is 9.66 Å². The average molecular weight is 247 g/mol. The molecule has 2 aliphatic rings. The Bertz CT molecular complexity index is 466. The van der Waals surface area contributed by atoms with Crippen molar-refractivity contribution >= 4 is 0 Å². The molecule has 0 radical (unpaired) electrons. The van der Waals surface area contributed by atoms with E-state index in [2.05, 4.69) is 0 Å². The fraction of sp³-hybridized carbons (Fsp3) is 0.571. The van der Waals surface area contributed by atoms with Gasteiger partial charge >= 0.3 is 0 Å². The van der Waals surface area contributed by atoms with Crippen molar-refractivity contribution in [2.75, 3.05) is 0 Å². The standard InChI is InChI=1S/C14H17NO3/c16-15(17)14(8-4-1-5-9-14)13-12-7-3-2-6-11(12)10-18-13/h2-3,6-7,13H,1,4-5,8-10H2. The molecule has 0 bridgehead atoms. The summed E-state index contributed by atoms with van der Waals surface area (Å²) in [6, 6.07) is 7.89. The van der Waals surface area contributed by atoms with E-state index in [1.54, 1.807) is 0 Å². The number of nitro groups is 1. The Morgan fingerprint density at radius 1 is 1.22 bits per heavy atom. The highest BCUT2D eigenvalue weighted by molar-refractivity contribution is 5.33. The maximum atomic E-state index is 11.6. The predicted octanol–water partition coefficient (Wildman–Crippen LogP) is 3.24. The van der Waals surface area contributed by atoms with Gasteiger partial charge in [0.05, 0.1) is 6.61 Å². The van der Waals surface area contributed by atoms with Gasteiger partial charge in [-0.15, -0.1) is 0 Å². The molecule has 0 saturated heterocycles. The van der Waals surface area contributed by atoms with Gasteiger partial charge in [0.15, 0.2) is 6.10 Å². The monoisotopic (exact) mass is 247 g/mol. The van der Waals surface area contributed by atoms with Crippen LogP contribution in [0.4, 0.5) is 0 Å². The first kappa shape index (κ1) is 11.7. The van der Waals surface area contributed by atoms with Gasteiger partial charge in [-0.1, -0.05) is 30.7 Å². The van der Waals surface area contributed by atoms with Crippen molar-refractivity contribution in [2.45, 2.75) is 50.4 Å². The quantitative estimate of drug-likeness (QED) is 0.595. The molecule has 1 heterocycles. The van der Waals surface area contributed by atoms with Crippen LogP contribution in [0.25, 0.3) is 0 Å². The fourth-order valence-corrected chi connectivity index (χ4v) is 3.33. The molecule has 4 heteroatoms. The van der Waals surface area contributed by atoms with Crippen LogP contribution >= 0.6 is 0 Å². The maximum absolute atomic E-state index is 11.6. The van der Waals surface area contributed by atoms with Gasteiger partial charge in [0.25, 0.3) is 5.54 Å². The molecular formula is C14H17NO3. The van der Waals surface area contributed by atoms with E-state index in [0.29, 0.717) is 19.4 Å². The summed E-state index contributed by atoms with van der Waals surface area (Å²) in [5.41, 5.74) is 1.23. The highest BCUT2D eigenvalue weighted by Gasteiger charge is 2.54. The number of ether oxygens (including phenoxy) is 1. The number of benzene rings is 1. The lowest BCUT2D eigenvalue weighted by atomic mass is 9.76. The smallest absolute Gasteiger partial charge is 0.252 e. The molecule has 1 aliphatic heterocycles. The van der Waals surface area contributed by atoms with E-state index >= 15 is 0 Å². The van der Waals surface area contributed by atoms with Crippen LogP contribution in [0.1, 0.15) is 49.3 Å². The molecule has 0 aromatic heterocycles. The van der Waals surface area contributed by atoms with Crippen LogP contribution < -0.4 is 0 Å². The van der Waals surface area contributed by atoms with Crippen LogP contribution in [0.3, 0.4) is 0 Å². The lowest BCUT2D eigenvalue weighted by Crippen LogP contribution is -2.45. The predicted molar refractivity (Wildman–Crippen MR) is 66.8 cm³/mol. The van der Waals surface area contributed by atoms with Gasteiger partial charge in [-0.3, -0.25) is 10.1 Å². The lowest BCUT2D eigenvalue weighted by Gasteiger charge is -2.33. The van der Waals surface area contributed by atoms with Gasteiger partial charge in [0, 0.05) is 17.8 Å². The molecular weight excluding hydrogens is 230 g/mol. The highest BCUT2D eigenvalue weighted by Crippen LogP contribution is 2.47. The topological polar surface area (TPSA) is 52.4 Å². The van der Waals surface area contributed by atoms with Gasteiger partial charge in [-0.2, -0.15) is 0 Å². The first-order chi connectivity index (χ1) is 8.74. The summed E-state index contributed by atoms with van der Waals surface area (Å²) >= 11 is 0. The highest BCUT2D eigenvalue weighted by atomic mass is 16.6. The summed E-state index contributed by atoms with van der Waals surface area (Å²) in [6.07, 6.45) is 3.89. The minimum atomic E-state index is -0.898. The molecule has 1 unspecified atom stereocenters. The van der Waals surface area contributed by atoms with E-state index in [0.717, 1.165) is 30.4 Å². The van der Waals surface area contributed by atoms with Gasteiger partial charge < -0.3 is 4.74 Å². The van der Waals surface area contributed by atoms with Crippen molar-refractivity contribution in [1.82, 2.24) is 0 Å². The zero-order valence-corrected chi connectivity index (χ0v) is 10.3. The molecule has 1 aromatic rings. The van der Waals surface area contributed by atoms with Crippen LogP contribution in [0.15, 0.2) is 24.3 Å². The number of rotatable bonds is 2. The maximum Gasteiger partial charge on any atom is 0.252 e. The number of fused-ring (bicyclic) bond motifs is 1. The van der Waals surface area contributed by atoms with E-state index in [1.807, 2.05) is 24.3 Å². The van der Waals surface area contributed by atoms with Gasteiger partial charge in [0.1, 0.15) is 0 Å². The van der Waals surface area contributed by atoms with Crippen molar-refractivity contribution in [3.8, 4) is 0 Å². The van der Waals surface area contributed by atoms with Crippen LogP contribution in [-0.4, -0.2) is 10.5 Å². The van der Waals surface area contributed by atoms with Gasteiger partial charge in [-0.25, -0.2) is 0 Å². The Kier molecular flexibility index (Phi) is 2.82. The second-order valence-electron chi connectivity index (χ2n) is 5.31. The van der Waals surface area contributed by atoms with E-state index in [-0.39, 0.29) is 11.0 Å². The first-order valence-corrected chi connectivity index (χ1v) is 6.58. The summed E-state index contributed by atoms with van der Waals surface area (Å²) in [5, 5.41) is 11.6. The minimum absolute atomic E-state index is 0.0844. The molecule has 96 valence electrons. The lowest BCUT2D eigenvalue weighted by molar-refractivity contribution is -0.590. The molecule has 4 nitrogen and oxygen atoms in total. The van der Waals surface area contributed by atoms with Crippen molar-refractivity contribution in [3.63, 3.8) is 0 Å². The summed E-state index contributed by atoms with van der Waals surface area (Å²) in [5.74, 6) is 0. The number of hydrogen-bond acceptors (Lipinski definition) is 3. The van der Waals surface area contributed by atoms with Crippen LogP contribution in [0.5, 0.6) is 0 Å². The van der Waals surface area contributed by atoms with Crippen molar-refractivity contribution in [1.29, 1.82) is 0 Å². The molecule has 0 N–H and O–H groups in total. The minimum Gasteiger partial charge on any atom is -0.361 e. The summed E-state index contributed by atoms with van der Waals surface area (Å²) in [6.45, 7) is 0.510. The third kappa shape index (κ3) is 1.63. The SMILES string of the molecule is O=[N+]([O-])C1(C2OCc3ccccc32)CCCCC1. The van der Waals surface area contributed by atoms with Crippen molar-refractivity contribution in [3.05, 3.63) is 45.5 Å². The molecule has 1 aromatic carbocycles. The Morgan fingerprint density at radius 2 is 1.94 bits per heavy atom. The molecule has 18 heavy (non-hydrogen) atoms. The molecule has 1 aliphatic carbocycles. The largest absolute Gasteiger partial charge is 0.361 e. The van der Waals surface area contributed by atoms with E-state index in [9.17, 15) is 10.1 Å². The third-order valence-electron chi connectivity index (χ3n) is 4.31. The molecule has 1 saturated carbocycles. The summed E-state index contributed by atoms with van der Waals surface area (Å²) < 4.78 is 5.79. The Hall–Kier alpha value is -1.42. The number of nitrogens with zero attached hydrogens (tertiary/aromatic N) is 1. The van der Waals surface area contributed by atoms with Crippen molar-refractivity contribution in [2.24, 2.45) is 0 Å². The average Bonchev–Trinajstić information content (AvgIpc) is 2.83. The van der Waals surface area contributed by atoms with Gasteiger partial charge in [0.2, 0.25) is 0 Å².